The molecule has 3 N–H and O–H groups in total. The molecule has 40 heavy (non-hydrogen) atoms. The van der Waals surface area contributed by atoms with Crippen molar-refractivity contribution < 1.29 is 14.0 Å². The maximum absolute atomic E-state index is 14.3. The summed E-state index contributed by atoms with van der Waals surface area (Å²) in [6.45, 7) is 1.95. The number of hydrogen-bond acceptors (Lipinski definition) is 6. The van der Waals surface area contributed by atoms with Gasteiger partial charge in [-0.25, -0.2) is 14.4 Å². The lowest BCUT2D eigenvalue weighted by Crippen LogP contribution is -2.10. The lowest BCUT2D eigenvalue weighted by atomic mass is 10.0. The summed E-state index contributed by atoms with van der Waals surface area (Å²) in [5, 5.41) is 11.0. The minimum absolute atomic E-state index is 0.0605. The molecule has 0 bridgehead atoms. The Bertz CT molecular complexity index is 1890. The van der Waals surface area contributed by atoms with Gasteiger partial charge in [0.1, 0.15) is 17.8 Å². The molecule has 0 aliphatic rings. The average molecular weight is 534 g/mol. The predicted octanol–water partition coefficient (Wildman–Crippen LogP) is 5.85. The van der Waals surface area contributed by atoms with Gasteiger partial charge in [0, 0.05) is 41.9 Å². The van der Waals surface area contributed by atoms with E-state index in [1.54, 1.807) is 24.7 Å². The summed E-state index contributed by atoms with van der Waals surface area (Å²) in [6.07, 6.45) is 7.11. The maximum Gasteiger partial charge on any atom is 0.224 e. The third-order valence-electron chi connectivity index (χ3n) is 6.58. The number of carbonyl (C=O) groups is 2. The zero-order chi connectivity index (χ0) is 27.6. The summed E-state index contributed by atoms with van der Waals surface area (Å²) in [7, 11) is 0. The summed E-state index contributed by atoms with van der Waals surface area (Å²) < 4.78 is 14.3. The fourth-order valence-electron chi connectivity index (χ4n) is 4.76. The van der Waals surface area contributed by atoms with Crippen molar-refractivity contribution in [1.29, 1.82) is 0 Å². The third-order valence-corrected chi connectivity index (χ3v) is 6.58. The van der Waals surface area contributed by atoms with Crippen molar-refractivity contribution in [3.8, 4) is 33.8 Å². The van der Waals surface area contributed by atoms with Crippen LogP contribution in [0.1, 0.15) is 25.3 Å². The third kappa shape index (κ3) is 4.82. The van der Waals surface area contributed by atoms with E-state index in [2.05, 4.69) is 30.5 Å². The highest BCUT2D eigenvalue weighted by Gasteiger charge is 2.17. The molecule has 4 aromatic heterocycles. The number of amides is 1. The van der Waals surface area contributed by atoms with E-state index in [4.69, 9.17) is 4.98 Å². The second-order valence-electron chi connectivity index (χ2n) is 9.46. The molecule has 1 amide bonds. The van der Waals surface area contributed by atoms with Gasteiger partial charge in [-0.15, -0.1) is 0 Å². The SMILES string of the molecule is CCCC(=O)Nc1cncc(-c2cnc3n[nH]c(-c4nc5c(-c6cc(F)cc(CC=O)c6)cccc5[nH]4)c3c2)c1. The van der Waals surface area contributed by atoms with Crippen LogP contribution in [0.25, 0.3) is 55.8 Å². The number of carbonyl (C=O) groups excluding carboxylic acids is 2. The fraction of sp³-hybridized carbons (Fsp3) is 0.133. The highest BCUT2D eigenvalue weighted by molar-refractivity contribution is 5.97. The molecule has 0 aliphatic carbocycles. The first-order valence-corrected chi connectivity index (χ1v) is 12.8. The van der Waals surface area contributed by atoms with Gasteiger partial charge in [-0.2, -0.15) is 5.10 Å². The number of pyridine rings is 2. The Hall–Kier alpha value is -5.25. The average Bonchev–Trinajstić information content (AvgIpc) is 3.57. The molecule has 9 nitrogen and oxygen atoms in total. The van der Waals surface area contributed by atoms with E-state index < -0.39 is 5.82 Å². The summed E-state index contributed by atoms with van der Waals surface area (Å²) in [4.78, 5) is 40.0. The summed E-state index contributed by atoms with van der Waals surface area (Å²) in [5.74, 6) is 0.0745. The summed E-state index contributed by atoms with van der Waals surface area (Å²) in [5.41, 5.74) is 6.76. The van der Waals surface area contributed by atoms with Crippen LogP contribution in [0.2, 0.25) is 0 Å². The molecule has 0 atom stereocenters. The van der Waals surface area contributed by atoms with Crippen molar-refractivity contribution in [3.63, 3.8) is 0 Å². The molecule has 0 fully saturated rings. The molecule has 10 heteroatoms. The van der Waals surface area contributed by atoms with E-state index in [-0.39, 0.29) is 12.3 Å². The van der Waals surface area contributed by atoms with Crippen molar-refractivity contribution in [3.05, 3.63) is 78.5 Å². The zero-order valence-corrected chi connectivity index (χ0v) is 21.5. The molecule has 0 aliphatic heterocycles. The van der Waals surface area contributed by atoms with E-state index in [1.165, 1.54) is 12.1 Å². The van der Waals surface area contributed by atoms with Crippen LogP contribution in [-0.4, -0.2) is 42.3 Å². The van der Waals surface area contributed by atoms with E-state index in [0.717, 1.165) is 40.3 Å². The first kappa shape index (κ1) is 25.1. The van der Waals surface area contributed by atoms with E-state index in [1.807, 2.05) is 37.3 Å². The van der Waals surface area contributed by atoms with Gasteiger partial charge >= 0.3 is 0 Å². The van der Waals surface area contributed by atoms with Crippen LogP contribution in [0.15, 0.2) is 67.1 Å². The van der Waals surface area contributed by atoms with Crippen LogP contribution in [0.5, 0.6) is 0 Å². The van der Waals surface area contributed by atoms with Gasteiger partial charge in [0.15, 0.2) is 11.5 Å². The molecule has 4 heterocycles. The number of nitrogens with one attached hydrogen (secondary N) is 3. The second-order valence-corrected chi connectivity index (χ2v) is 9.46. The molecule has 6 aromatic rings. The Morgan fingerprint density at radius 3 is 2.77 bits per heavy atom. The second kappa shape index (κ2) is 10.5. The molecule has 6 rings (SSSR count). The number of nitrogens with zero attached hydrogens (tertiary/aromatic N) is 4. The van der Waals surface area contributed by atoms with Gasteiger partial charge in [0.05, 0.1) is 28.3 Å². The van der Waals surface area contributed by atoms with Crippen molar-refractivity contribution in [2.75, 3.05) is 5.32 Å². The van der Waals surface area contributed by atoms with Gasteiger partial charge in [-0.05, 0) is 47.9 Å². The molecule has 0 radical (unpaired) electrons. The summed E-state index contributed by atoms with van der Waals surface area (Å²) >= 11 is 0. The van der Waals surface area contributed by atoms with E-state index >= 15 is 0 Å². The Balaban J connectivity index is 1.40. The number of aromatic nitrogens is 6. The zero-order valence-electron chi connectivity index (χ0n) is 21.5. The first-order chi connectivity index (χ1) is 19.5. The number of imidazole rings is 1. The van der Waals surface area contributed by atoms with Gasteiger partial charge in [-0.1, -0.05) is 25.1 Å². The Morgan fingerprint density at radius 1 is 1.05 bits per heavy atom. The molecule has 0 saturated heterocycles. The van der Waals surface area contributed by atoms with Crippen LogP contribution in [0, 0.1) is 5.82 Å². The van der Waals surface area contributed by atoms with Crippen LogP contribution in [0.4, 0.5) is 10.1 Å². The Kier molecular flexibility index (Phi) is 6.57. The van der Waals surface area contributed by atoms with Gasteiger partial charge in [0.2, 0.25) is 5.91 Å². The lowest BCUT2D eigenvalue weighted by molar-refractivity contribution is -0.116. The van der Waals surface area contributed by atoms with Crippen LogP contribution in [-0.2, 0) is 16.0 Å². The standard InChI is InChI=1S/C30H24FN7O2/c1-2-4-26(40)34-22-12-19(14-32-16-22)20-13-24-28(37-38-29(24)33-15-20)30-35-25-6-3-5-23(27(25)36-30)18-9-17(7-8-39)10-21(31)11-18/h3,5-6,8-16H,2,4,7H2,1H3,(H,34,40)(H,35,36)(H,33,37,38). The number of fused-ring (bicyclic) bond motifs is 2. The molecule has 0 saturated carbocycles. The number of aldehydes is 1. The molecular formula is C30H24FN7O2. The largest absolute Gasteiger partial charge is 0.337 e. The minimum Gasteiger partial charge on any atom is -0.337 e. The predicted molar refractivity (Wildman–Crippen MR) is 151 cm³/mol. The normalized spacial score (nSPS) is 11.2. The van der Waals surface area contributed by atoms with Crippen molar-refractivity contribution >= 4 is 39.9 Å². The van der Waals surface area contributed by atoms with Crippen molar-refractivity contribution in [2.45, 2.75) is 26.2 Å². The highest BCUT2D eigenvalue weighted by Crippen LogP contribution is 2.33. The number of benzene rings is 2. The fourth-order valence-corrected chi connectivity index (χ4v) is 4.76. The molecule has 0 unspecified atom stereocenters. The smallest absolute Gasteiger partial charge is 0.224 e. The highest BCUT2D eigenvalue weighted by atomic mass is 19.1. The lowest BCUT2D eigenvalue weighted by Gasteiger charge is -2.07. The van der Waals surface area contributed by atoms with Gasteiger partial charge < -0.3 is 15.1 Å². The monoisotopic (exact) mass is 533 g/mol. The Morgan fingerprint density at radius 2 is 1.93 bits per heavy atom. The van der Waals surface area contributed by atoms with Crippen LogP contribution >= 0.6 is 0 Å². The number of aromatic amines is 2. The Labute approximate surface area is 227 Å². The maximum atomic E-state index is 14.3. The number of halogens is 1. The molecule has 198 valence electrons. The van der Waals surface area contributed by atoms with E-state index in [9.17, 15) is 14.0 Å². The van der Waals surface area contributed by atoms with Crippen molar-refractivity contribution in [1.82, 2.24) is 30.1 Å². The van der Waals surface area contributed by atoms with Crippen LogP contribution < -0.4 is 5.32 Å². The minimum atomic E-state index is -0.413. The summed E-state index contributed by atoms with van der Waals surface area (Å²) in [6, 6.07) is 14.0. The number of anilines is 1. The number of hydrogen-bond donors (Lipinski definition) is 3. The van der Waals surface area contributed by atoms with Crippen LogP contribution in [0.3, 0.4) is 0 Å². The molecule has 0 spiro atoms. The quantitative estimate of drug-likeness (QED) is 0.211. The number of H-pyrrole nitrogens is 2. The van der Waals surface area contributed by atoms with Gasteiger partial charge in [0.25, 0.3) is 0 Å². The number of para-hydroxylation sites is 1. The topological polar surface area (TPSA) is 129 Å². The molecule has 2 aromatic carbocycles. The van der Waals surface area contributed by atoms with E-state index in [0.29, 0.717) is 45.9 Å². The van der Waals surface area contributed by atoms with Gasteiger partial charge in [-0.3, -0.25) is 14.9 Å². The number of rotatable bonds is 8. The van der Waals surface area contributed by atoms with Crippen molar-refractivity contribution in [2.24, 2.45) is 0 Å². The molecular weight excluding hydrogens is 509 g/mol. The first-order valence-electron chi connectivity index (χ1n) is 12.8.